The van der Waals surface area contributed by atoms with E-state index in [0.29, 0.717) is 19.6 Å². The number of benzene rings is 4. The molecule has 0 aromatic heterocycles. The van der Waals surface area contributed by atoms with Gasteiger partial charge in [-0.15, -0.1) is 0 Å². The number of esters is 1. The lowest BCUT2D eigenvalue weighted by Crippen LogP contribution is -2.50. The van der Waals surface area contributed by atoms with E-state index in [1.807, 2.05) is 91.0 Å². The zero-order valence-corrected chi connectivity index (χ0v) is 31.5. The predicted octanol–water partition coefficient (Wildman–Crippen LogP) is 6.06. The third-order valence-corrected chi connectivity index (χ3v) is 11.0. The van der Waals surface area contributed by atoms with Crippen molar-refractivity contribution in [2.75, 3.05) is 40.0 Å². The molecule has 2 amide bonds. The molecule has 3 saturated heterocycles. The first kappa shape index (κ1) is 38.6. The number of likely N-dealkylation sites (tertiary alicyclic amines) is 1. The molecule has 5 atom stereocenters. The molecule has 0 radical (unpaired) electrons. The van der Waals surface area contributed by atoms with E-state index in [4.69, 9.17) is 23.7 Å². The number of hydrogen-bond donors (Lipinski definition) is 3. The molecule has 3 aliphatic heterocycles. The van der Waals surface area contributed by atoms with Crippen LogP contribution in [0.3, 0.4) is 0 Å². The van der Waals surface area contributed by atoms with E-state index >= 15 is 0 Å². The largest absolute Gasteiger partial charge is 0.467 e. The second-order valence-corrected chi connectivity index (χ2v) is 14.6. The third kappa shape index (κ3) is 9.44. The molecule has 3 fully saturated rings. The molecule has 3 N–H and O–H groups in total. The second kappa shape index (κ2) is 17.9. The number of ether oxygens (including phenoxy) is 5. The lowest BCUT2D eigenvalue weighted by atomic mass is 9.89. The highest BCUT2D eigenvalue weighted by molar-refractivity contribution is 5.84. The van der Waals surface area contributed by atoms with Crippen LogP contribution < -0.4 is 10.6 Å². The summed E-state index contributed by atoms with van der Waals surface area (Å²) in [6, 6.07) is 32.3. The maximum atomic E-state index is 13.0. The number of carbonyl (C=O) groups excluding carboxylic acids is 2. The Morgan fingerprint density at radius 3 is 2.22 bits per heavy atom. The minimum absolute atomic E-state index is 0.0110. The summed E-state index contributed by atoms with van der Waals surface area (Å²) in [7, 11) is 1.31. The molecule has 0 unspecified atom stereocenters. The Morgan fingerprint density at radius 1 is 0.855 bits per heavy atom. The third-order valence-electron chi connectivity index (χ3n) is 11.0. The highest BCUT2D eigenvalue weighted by atomic mass is 16.7. The first-order valence-electron chi connectivity index (χ1n) is 19.2. The highest BCUT2D eigenvalue weighted by Gasteiger charge is 2.43. The quantitative estimate of drug-likeness (QED) is 0.148. The van der Waals surface area contributed by atoms with Gasteiger partial charge in [-0.3, -0.25) is 0 Å². The normalized spacial score (nSPS) is 22.9. The molecular formula is C44H51N3O8. The van der Waals surface area contributed by atoms with Gasteiger partial charge in [0.15, 0.2) is 12.1 Å². The molecule has 0 bridgehead atoms. The summed E-state index contributed by atoms with van der Waals surface area (Å²) in [5.74, 6) is -0.869. The summed E-state index contributed by atoms with van der Waals surface area (Å²) < 4.78 is 30.4. The van der Waals surface area contributed by atoms with Gasteiger partial charge < -0.3 is 44.3 Å². The van der Waals surface area contributed by atoms with Gasteiger partial charge in [0.1, 0.15) is 6.04 Å². The van der Waals surface area contributed by atoms with Crippen LogP contribution in [0.2, 0.25) is 0 Å². The van der Waals surface area contributed by atoms with Crippen LogP contribution in [0.25, 0.3) is 11.1 Å². The van der Waals surface area contributed by atoms with E-state index < -0.39 is 30.1 Å². The summed E-state index contributed by atoms with van der Waals surface area (Å²) in [5, 5.41) is 15.3. The molecule has 0 aliphatic carbocycles. The van der Waals surface area contributed by atoms with Gasteiger partial charge in [-0.25, -0.2) is 9.59 Å². The maximum absolute atomic E-state index is 13.0. The molecule has 4 aromatic rings. The Kier molecular flexibility index (Phi) is 12.6. The van der Waals surface area contributed by atoms with Crippen LogP contribution in [-0.4, -0.2) is 79.9 Å². The van der Waals surface area contributed by atoms with E-state index in [1.165, 1.54) is 7.11 Å². The number of rotatable bonds is 12. The number of nitrogens with zero attached hydrogens (tertiary/aromatic N) is 1. The topological polar surface area (TPSA) is 128 Å². The van der Waals surface area contributed by atoms with Crippen molar-refractivity contribution in [2.24, 2.45) is 5.92 Å². The number of amides is 2. The fraction of sp³-hybridized carbons (Fsp3) is 0.409. The van der Waals surface area contributed by atoms with Gasteiger partial charge in [-0.1, -0.05) is 110 Å². The van der Waals surface area contributed by atoms with Crippen LogP contribution in [0.4, 0.5) is 4.79 Å². The molecule has 3 aliphatic rings. The summed E-state index contributed by atoms with van der Waals surface area (Å²) in [4.78, 5) is 27.9. The average Bonchev–Trinajstić information content (AvgIpc) is 3.69. The van der Waals surface area contributed by atoms with Gasteiger partial charge in [-0.05, 0) is 33.4 Å². The van der Waals surface area contributed by atoms with Crippen molar-refractivity contribution in [1.29, 1.82) is 0 Å². The molecule has 7 rings (SSSR count). The van der Waals surface area contributed by atoms with Crippen molar-refractivity contribution >= 4 is 12.0 Å². The number of carbonyl (C=O) groups is 2. The summed E-state index contributed by atoms with van der Waals surface area (Å²) >= 11 is 0. The number of methoxy groups -OCH3 is 1. The minimum atomic E-state index is -0.824. The molecule has 0 saturated carbocycles. The highest BCUT2D eigenvalue weighted by Crippen LogP contribution is 2.43. The van der Waals surface area contributed by atoms with Crippen LogP contribution in [0.5, 0.6) is 0 Å². The standard InChI is InChI=1S/C44H51N3O8/c1-30-39(28-47-22-20-44(21-23-47)52-24-25-53-44)54-42(55-40(30)34-14-12-32(29-48)13-15-34)35-18-16-33(17-19-35)37-11-7-6-10-36(37)27-45-43(50)46-38(41(49)51-2)26-31-8-4-3-5-9-31/h3-19,30,38-40,42,48H,20-29H2,1-2H3,(H2,45,46,50)/t30-,38+,39+,40+,42+/m1/s1. The summed E-state index contributed by atoms with van der Waals surface area (Å²) in [6.45, 7) is 6.26. The average molecular weight is 750 g/mol. The van der Waals surface area contributed by atoms with Gasteiger partial charge in [0.2, 0.25) is 0 Å². The van der Waals surface area contributed by atoms with Gasteiger partial charge in [0.05, 0.1) is 39.1 Å². The van der Waals surface area contributed by atoms with Crippen LogP contribution in [-0.2, 0) is 48.1 Å². The van der Waals surface area contributed by atoms with Crippen LogP contribution in [0.1, 0.15) is 60.0 Å². The number of aliphatic hydroxyl groups excluding tert-OH is 1. The second-order valence-electron chi connectivity index (χ2n) is 14.6. The Labute approximate surface area is 322 Å². The maximum Gasteiger partial charge on any atom is 0.328 e. The van der Waals surface area contributed by atoms with E-state index in [9.17, 15) is 14.7 Å². The lowest BCUT2D eigenvalue weighted by molar-refractivity contribution is -0.278. The summed E-state index contributed by atoms with van der Waals surface area (Å²) in [6.07, 6.45) is 1.10. The van der Waals surface area contributed by atoms with Crippen molar-refractivity contribution in [2.45, 2.75) is 69.7 Å². The number of piperidine rings is 1. The predicted molar refractivity (Wildman–Crippen MR) is 206 cm³/mol. The van der Waals surface area contributed by atoms with Gasteiger partial charge in [0.25, 0.3) is 0 Å². The monoisotopic (exact) mass is 749 g/mol. The van der Waals surface area contributed by atoms with Crippen molar-refractivity contribution in [3.05, 3.63) is 131 Å². The van der Waals surface area contributed by atoms with Gasteiger partial charge in [-0.2, -0.15) is 0 Å². The van der Waals surface area contributed by atoms with Crippen LogP contribution in [0.15, 0.2) is 103 Å². The molecule has 1 spiro atoms. The Morgan fingerprint density at radius 2 is 1.53 bits per heavy atom. The van der Waals surface area contributed by atoms with E-state index in [1.54, 1.807) is 0 Å². The smallest absolute Gasteiger partial charge is 0.328 e. The van der Waals surface area contributed by atoms with Crippen molar-refractivity contribution in [3.8, 4) is 11.1 Å². The van der Waals surface area contributed by atoms with E-state index in [2.05, 4.69) is 34.6 Å². The SMILES string of the molecule is COC(=O)[C@H](Cc1ccccc1)NC(=O)NCc1ccccc1-c1ccc([C@H]2O[C@@H](CN3CCC4(CC3)OCCO4)[C@@H](C)[C@@H](c3ccc(CO)cc3)O2)cc1. The van der Waals surface area contributed by atoms with Crippen LogP contribution in [0, 0.1) is 5.92 Å². The number of aliphatic hydroxyl groups is 1. The fourth-order valence-electron chi connectivity index (χ4n) is 7.79. The number of nitrogens with one attached hydrogen (secondary N) is 2. The zero-order chi connectivity index (χ0) is 38.2. The van der Waals surface area contributed by atoms with Gasteiger partial charge in [0, 0.05) is 56.9 Å². The Hall–Kier alpha value is -4.62. The molecule has 11 heteroatoms. The number of urea groups is 1. The Balaban J connectivity index is 1.04. The molecule has 11 nitrogen and oxygen atoms in total. The van der Waals surface area contributed by atoms with Crippen LogP contribution >= 0.6 is 0 Å². The minimum Gasteiger partial charge on any atom is -0.467 e. The Bertz CT molecular complexity index is 1860. The number of hydrogen-bond acceptors (Lipinski definition) is 9. The first-order valence-corrected chi connectivity index (χ1v) is 19.2. The van der Waals surface area contributed by atoms with Gasteiger partial charge >= 0.3 is 12.0 Å². The van der Waals surface area contributed by atoms with Crippen molar-refractivity contribution in [3.63, 3.8) is 0 Å². The molecular weight excluding hydrogens is 698 g/mol. The molecule has 4 aromatic carbocycles. The molecule has 290 valence electrons. The lowest BCUT2D eigenvalue weighted by Gasteiger charge is -2.44. The first-order chi connectivity index (χ1) is 26.8. The zero-order valence-electron chi connectivity index (χ0n) is 31.5. The summed E-state index contributed by atoms with van der Waals surface area (Å²) in [5.41, 5.74) is 6.60. The van der Waals surface area contributed by atoms with E-state index in [-0.39, 0.29) is 31.3 Å². The molecule has 55 heavy (non-hydrogen) atoms. The van der Waals surface area contributed by atoms with Crippen molar-refractivity contribution < 1.29 is 38.4 Å². The fourth-order valence-corrected chi connectivity index (χ4v) is 7.79. The van der Waals surface area contributed by atoms with Crippen molar-refractivity contribution in [1.82, 2.24) is 15.5 Å². The van der Waals surface area contributed by atoms with E-state index in [0.717, 1.165) is 71.4 Å². The molecule has 3 heterocycles.